The van der Waals surface area contributed by atoms with Crippen LogP contribution in [0.5, 0.6) is 5.75 Å². The molecule has 2 N–H and O–H groups in total. The van der Waals surface area contributed by atoms with E-state index in [0.717, 1.165) is 18.2 Å². The normalized spacial score (nSPS) is 15.6. The van der Waals surface area contributed by atoms with Gasteiger partial charge in [-0.3, -0.25) is 9.52 Å². The zero-order chi connectivity index (χ0) is 27.5. The standard InChI is InChI=1S/C24H22F4N4O5S/c25-15-6-8-18-16(14-15)23-17(24(26,27)28)7-9-19(29-23)31-38(35,36)21-5-3-4-20(30-21)32(12-10-22(33)34)11-1-2-13-37-18/h3-9,14H,1-2,10-13H2,(H,29,31)(H,33,34). The lowest BCUT2D eigenvalue weighted by atomic mass is 10.0. The lowest BCUT2D eigenvalue weighted by Gasteiger charge is -2.24. The van der Waals surface area contributed by atoms with Gasteiger partial charge in [-0.1, -0.05) is 6.07 Å². The van der Waals surface area contributed by atoms with Crippen molar-refractivity contribution in [2.75, 3.05) is 29.3 Å². The SMILES string of the molecule is O=C(O)CCN1CCCCOc2ccc(F)cc2-c2nc(ccc2C(F)(F)F)NS(=O)(=O)c2cccc1n2. The Labute approximate surface area is 215 Å². The van der Waals surface area contributed by atoms with E-state index in [4.69, 9.17) is 9.84 Å². The summed E-state index contributed by atoms with van der Waals surface area (Å²) in [4.78, 5) is 20.8. The van der Waals surface area contributed by atoms with Crippen LogP contribution >= 0.6 is 0 Å². The van der Waals surface area contributed by atoms with Crippen molar-refractivity contribution in [1.82, 2.24) is 9.97 Å². The van der Waals surface area contributed by atoms with Crippen LogP contribution in [0, 0.1) is 5.82 Å². The van der Waals surface area contributed by atoms with Gasteiger partial charge in [-0.2, -0.15) is 21.6 Å². The van der Waals surface area contributed by atoms with E-state index >= 15 is 0 Å². The number of carboxylic acids is 1. The van der Waals surface area contributed by atoms with Crippen LogP contribution in [0.2, 0.25) is 0 Å². The molecule has 0 fully saturated rings. The predicted molar refractivity (Wildman–Crippen MR) is 129 cm³/mol. The molecule has 9 nitrogen and oxygen atoms in total. The van der Waals surface area contributed by atoms with Gasteiger partial charge in [-0.15, -0.1) is 0 Å². The maximum Gasteiger partial charge on any atom is 0.418 e. The molecule has 1 aliphatic rings. The number of nitrogens with one attached hydrogen (secondary N) is 1. The number of aliphatic carboxylic acids is 1. The predicted octanol–water partition coefficient (Wildman–Crippen LogP) is 4.56. The van der Waals surface area contributed by atoms with Crippen LogP contribution in [0.25, 0.3) is 11.3 Å². The highest BCUT2D eigenvalue weighted by molar-refractivity contribution is 7.92. The van der Waals surface area contributed by atoms with Crippen LogP contribution in [0.15, 0.2) is 53.6 Å². The number of halogens is 4. The number of ether oxygens (including phenoxy) is 1. The Kier molecular flexibility index (Phi) is 7.71. The Morgan fingerprint density at radius 1 is 1.11 bits per heavy atom. The van der Waals surface area contributed by atoms with Crippen LogP contribution in [0.4, 0.5) is 29.2 Å². The lowest BCUT2D eigenvalue weighted by molar-refractivity contribution is -0.138. The van der Waals surface area contributed by atoms with Gasteiger partial charge in [-0.05, 0) is 55.3 Å². The summed E-state index contributed by atoms with van der Waals surface area (Å²) in [5.41, 5.74) is -2.21. The average molecular weight is 555 g/mol. The third kappa shape index (κ3) is 6.30. The van der Waals surface area contributed by atoms with Gasteiger partial charge in [0.05, 0.1) is 24.3 Å². The van der Waals surface area contributed by atoms with Crippen LogP contribution in [-0.2, 0) is 21.0 Å². The Bertz CT molecular complexity index is 1450. The summed E-state index contributed by atoms with van der Waals surface area (Å²) in [6.45, 7) is 0.425. The fraction of sp³-hybridized carbons (Fsp3) is 0.292. The Balaban J connectivity index is 1.84. The molecule has 14 heteroatoms. The summed E-state index contributed by atoms with van der Waals surface area (Å²) in [5, 5.41) is 8.67. The molecule has 0 unspecified atom stereocenters. The number of pyridine rings is 2. The minimum absolute atomic E-state index is 0.0616. The third-order valence-corrected chi connectivity index (χ3v) is 6.88. The largest absolute Gasteiger partial charge is 0.493 e. The molecule has 0 atom stereocenters. The highest BCUT2D eigenvalue weighted by Gasteiger charge is 2.36. The summed E-state index contributed by atoms with van der Waals surface area (Å²) < 4.78 is 89.7. The highest BCUT2D eigenvalue weighted by atomic mass is 32.2. The number of nitrogens with zero attached hydrogens (tertiary/aromatic N) is 3. The number of fused-ring (bicyclic) bond motifs is 6. The number of carbonyl (C=O) groups is 1. The summed E-state index contributed by atoms with van der Waals surface area (Å²) in [6.07, 6.45) is -4.24. The second-order valence-electron chi connectivity index (χ2n) is 8.36. The molecule has 0 radical (unpaired) electrons. The van der Waals surface area contributed by atoms with E-state index in [1.807, 2.05) is 0 Å². The van der Waals surface area contributed by atoms with E-state index in [-0.39, 0.29) is 36.7 Å². The Morgan fingerprint density at radius 3 is 2.63 bits per heavy atom. The van der Waals surface area contributed by atoms with Gasteiger partial charge < -0.3 is 14.7 Å². The van der Waals surface area contributed by atoms with Crippen LogP contribution in [0.1, 0.15) is 24.8 Å². The minimum atomic E-state index is -4.88. The fourth-order valence-electron chi connectivity index (χ4n) is 3.84. The molecule has 0 spiro atoms. The van der Waals surface area contributed by atoms with Crippen LogP contribution in [-0.4, -0.2) is 49.2 Å². The van der Waals surface area contributed by atoms with Gasteiger partial charge in [-0.25, -0.2) is 14.4 Å². The van der Waals surface area contributed by atoms with Crippen molar-refractivity contribution in [1.29, 1.82) is 0 Å². The molecule has 3 heterocycles. The zero-order valence-electron chi connectivity index (χ0n) is 19.7. The van der Waals surface area contributed by atoms with E-state index in [9.17, 15) is 30.8 Å². The third-order valence-electron chi connectivity index (χ3n) is 5.62. The van der Waals surface area contributed by atoms with Crippen molar-refractivity contribution >= 4 is 27.6 Å². The summed E-state index contributed by atoms with van der Waals surface area (Å²) in [5.74, 6) is -2.18. The monoisotopic (exact) mass is 554 g/mol. The number of carboxylic acid groups (broad SMARTS) is 1. The van der Waals surface area contributed by atoms with E-state index in [2.05, 4.69) is 14.7 Å². The summed E-state index contributed by atoms with van der Waals surface area (Å²) in [6, 6.07) is 8.68. The first-order valence-corrected chi connectivity index (χ1v) is 12.9. The quantitative estimate of drug-likeness (QED) is 0.452. The second-order valence-corrected chi connectivity index (χ2v) is 9.99. The number of alkyl halides is 3. The van der Waals surface area contributed by atoms with E-state index < -0.39 is 50.1 Å². The van der Waals surface area contributed by atoms with Gasteiger partial charge in [0.15, 0.2) is 5.03 Å². The number of aromatic nitrogens is 2. The fourth-order valence-corrected chi connectivity index (χ4v) is 4.81. The number of rotatable bonds is 3. The van der Waals surface area contributed by atoms with Crippen molar-refractivity contribution in [2.24, 2.45) is 0 Å². The smallest absolute Gasteiger partial charge is 0.418 e. The minimum Gasteiger partial charge on any atom is -0.493 e. The first-order valence-electron chi connectivity index (χ1n) is 11.4. The van der Waals surface area contributed by atoms with Crippen molar-refractivity contribution in [3.05, 3.63) is 59.9 Å². The summed E-state index contributed by atoms with van der Waals surface area (Å²) >= 11 is 0. The van der Waals surface area contributed by atoms with Gasteiger partial charge >= 0.3 is 12.1 Å². The molecule has 3 aromatic rings. The average Bonchev–Trinajstić information content (AvgIpc) is 2.85. The summed E-state index contributed by atoms with van der Waals surface area (Å²) in [7, 11) is -4.43. The topological polar surface area (TPSA) is 122 Å². The van der Waals surface area contributed by atoms with Gasteiger partial charge in [0.2, 0.25) is 0 Å². The molecule has 38 heavy (non-hydrogen) atoms. The van der Waals surface area contributed by atoms with Crippen LogP contribution in [0.3, 0.4) is 0 Å². The molecular formula is C24H22F4N4O5S. The van der Waals surface area contributed by atoms with Gasteiger partial charge in [0, 0.05) is 18.7 Å². The van der Waals surface area contributed by atoms with E-state index in [1.165, 1.54) is 24.3 Å². The first kappa shape index (κ1) is 27.1. The number of anilines is 2. The molecular weight excluding hydrogens is 532 g/mol. The van der Waals surface area contributed by atoms with Crippen LogP contribution < -0.4 is 14.4 Å². The van der Waals surface area contributed by atoms with Crippen molar-refractivity contribution in [2.45, 2.75) is 30.5 Å². The molecule has 202 valence electrons. The molecule has 4 rings (SSSR count). The zero-order valence-corrected chi connectivity index (χ0v) is 20.5. The Hall–Kier alpha value is -3.94. The maximum absolute atomic E-state index is 14.1. The maximum atomic E-state index is 14.1. The molecule has 0 aliphatic carbocycles. The number of hydrogen-bond acceptors (Lipinski definition) is 7. The molecule has 0 saturated heterocycles. The van der Waals surface area contributed by atoms with Crippen molar-refractivity contribution in [3.63, 3.8) is 0 Å². The first-order chi connectivity index (χ1) is 17.9. The number of hydrogen-bond donors (Lipinski definition) is 2. The lowest BCUT2D eigenvalue weighted by Crippen LogP contribution is -2.29. The molecule has 0 amide bonds. The molecule has 4 bridgehead atoms. The van der Waals surface area contributed by atoms with Gasteiger partial charge in [0.25, 0.3) is 10.0 Å². The molecule has 1 aliphatic heterocycles. The molecule has 1 aromatic carbocycles. The van der Waals surface area contributed by atoms with Gasteiger partial charge in [0.1, 0.15) is 23.2 Å². The van der Waals surface area contributed by atoms with E-state index in [1.54, 1.807) is 4.90 Å². The highest BCUT2D eigenvalue weighted by Crippen LogP contribution is 2.40. The van der Waals surface area contributed by atoms with Crippen molar-refractivity contribution < 1.29 is 40.6 Å². The number of sulfonamides is 1. The van der Waals surface area contributed by atoms with E-state index in [0.29, 0.717) is 25.5 Å². The molecule has 0 saturated carbocycles. The second kappa shape index (κ2) is 10.8. The number of benzene rings is 1. The molecule has 2 aromatic heterocycles. The van der Waals surface area contributed by atoms with Crippen molar-refractivity contribution in [3.8, 4) is 17.0 Å². The Morgan fingerprint density at radius 2 is 1.89 bits per heavy atom.